The van der Waals surface area contributed by atoms with Crippen molar-refractivity contribution in [3.05, 3.63) is 6.15 Å². The molecule has 0 aliphatic carbocycles. The number of rotatable bonds is 0. The maximum absolute atomic E-state index is 8.56. The molecule has 0 radical (unpaired) electrons. The Morgan fingerprint density at radius 3 is 0.444 bits per heavy atom. The van der Waals surface area contributed by atoms with E-state index >= 15 is 0 Å². The molecule has 0 amide bonds. The van der Waals surface area contributed by atoms with Gasteiger partial charge in [0, 0.05) is 21.7 Å². The third kappa shape index (κ3) is 444. The Bertz CT molecular complexity index is 164. The van der Waals surface area contributed by atoms with Gasteiger partial charge in [-0.15, -0.1) is 0 Å². The first-order chi connectivity index (χ1) is 6.93. The summed E-state index contributed by atoms with van der Waals surface area (Å²) in [4.78, 5) is 34.2. The van der Waals surface area contributed by atoms with Crippen LogP contribution in [0.5, 0.6) is 0 Å². The summed E-state index contributed by atoms with van der Waals surface area (Å²) in [5.41, 5.74) is 0. The van der Waals surface area contributed by atoms with Gasteiger partial charge in [-0.1, -0.05) is 0 Å². The van der Waals surface area contributed by atoms with Crippen LogP contribution in [-0.4, -0.2) is 65.5 Å². The van der Waals surface area contributed by atoms with E-state index in [0.29, 0.717) is 0 Å². The normalized spacial score (nSPS) is 5.33. The molecule has 0 unspecified atom stereocenters. The van der Waals surface area contributed by atoms with Crippen LogP contribution in [0.15, 0.2) is 0 Å². The van der Waals surface area contributed by atoms with Crippen molar-refractivity contribution in [1.82, 2.24) is 0 Å². The fourth-order valence-electron chi connectivity index (χ4n) is 0. The van der Waals surface area contributed by atoms with Gasteiger partial charge in [0.2, 0.25) is 0 Å². The molecule has 0 saturated heterocycles. The van der Waals surface area contributed by atoms with Gasteiger partial charge in [-0.2, -0.15) is 0 Å². The molecule has 18 heavy (non-hydrogen) atoms. The van der Waals surface area contributed by atoms with Gasteiger partial charge in [-0.05, 0) is 0 Å². The first-order valence-electron chi connectivity index (χ1n) is 2.61. The Kier molecular flexibility index (Phi) is 58.7. The van der Waals surface area contributed by atoms with E-state index in [2.05, 4.69) is 0 Å². The molecule has 0 bridgehead atoms. The van der Waals surface area contributed by atoms with Gasteiger partial charge in [-0.3, -0.25) is 0 Å². The Morgan fingerprint density at radius 1 is 0.444 bits per heavy atom. The van der Waals surface area contributed by atoms with Crippen LogP contribution in [0, 0.1) is 0 Å². The summed E-state index contributed by atoms with van der Waals surface area (Å²) >= 11 is 0. The quantitative estimate of drug-likeness (QED) is 0.296. The van der Waals surface area contributed by atoms with Gasteiger partial charge >= 0.3 is 24.6 Å². The van der Waals surface area contributed by atoms with Crippen molar-refractivity contribution in [1.29, 1.82) is 0 Å². The van der Waals surface area contributed by atoms with Crippen LogP contribution >= 0.6 is 0 Å². The summed E-state index contributed by atoms with van der Waals surface area (Å²) in [5, 5.41) is 55.8. The average molecular weight is 312 g/mol. The van der Waals surface area contributed by atoms with Gasteiger partial charge in [0.15, 0.2) is 0 Å². The van der Waals surface area contributed by atoms with Crippen molar-refractivity contribution in [3.63, 3.8) is 0 Å². The van der Waals surface area contributed by atoms with E-state index in [1.54, 1.807) is 0 Å². The van der Waals surface area contributed by atoms with Crippen LogP contribution in [0.2, 0.25) is 0 Å². The first kappa shape index (κ1) is 36.0. The fraction of sp³-hybridized carbons (Fsp3) is 0. The van der Waals surface area contributed by atoms with Crippen LogP contribution in [0.1, 0.15) is 0 Å². The minimum atomic E-state index is -1.83. The fourth-order valence-corrected chi connectivity index (χ4v) is 0. The predicted molar refractivity (Wildman–Crippen MR) is 47.9 cm³/mol. The van der Waals surface area contributed by atoms with Crippen molar-refractivity contribution in [2.45, 2.75) is 0 Å². The van der Waals surface area contributed by atoms with Gasteiger partial charge < -0.3 is 47.0 Å². The zero-order valence-corrected chi connectivity index (χ0v) is 9.85. The summed E-state index contributed by atoms with van der Waals surface area (Å²) in [6.45, 7) is 0. The molecule has 0 saturated carbocycles. The third-order valence-corrected chi connectivity index (χ3v) is 0. The number of carboxylic acid groups (broad SMARTS) is 8. The summed E-state index contributed by atoms with van der Waals surface area (Å²) in [6, 6.07) is 0. The van der Waals surface area contributed by atoms with Crippen molar-refractivity contribution < 1.29 is 81.7 Å². The second-order valence-electron chi connectivity index (χ2n) is 1.13. The third-order valence-electron chi connectivity index (χ3n) is 0. The number of carbonyl (C=O) groups is 4. The summed E-state index contributed by atoms with van der Waals surface area (Å²) in [5.74, 6) is 0. The van der Waals surface area contributed by atoms with Crippen molar-refractivity contribution in [2.24, 2.45) is 0 Å². The number of nitrogens with two attached hydrogens (primary N) is 1. The number of hydrogen-bond donors (Lipinski definition) is 8. The van der Waals surface area contributed by atoms with Crippen molar-refractivity contribution in [2.75, 3.05) is 0 Å². The van der Waals surface area contributed by atoms with Crippen LogP contribution in [0.3, 0.4) is 0 Å². The van der Waals surface area contributed by atoms with Crippen LogP contribution in [0.4, 0.5) is 19.2 Å². The molecule has 0 aliphatic rings. The smallest absolute Gasteiger partial charge is 0.503 e. The van der Waals surface area contributed by atoms with Gasteiger partial charge in [0.05, 0.1) is 0 Å². The monoisotopic (exact) mass is 312 g/mol. The number of hydrogen-bond acceptors (Lipinski definition) is 4. The van der Waals surface area contributed by atoms with Crippen LogP contribution in [-0.2, 0) is 21.7 Å². The molecule has 0 aromatic carbocycles. The molecule has 0 heterocycles. The maximum atomic E-state index is 8.56. The van der Waals surface area contributed by atoms with E-state index in [1.165, 1.54) is 0 Å². The van der Waals surface area contributed by atoms with E-state index in [1.807, 2.05) is 0 Å². The molecule has 10 N–H and O–H groups in total. The summed E-state index contributed by atoms with van der Waals surface area (Å²) in [7, 11) is 0. The Morgan fingerprint density at radius 2 is 0.444 bits per heavy atom. The van der Waals surface area contributed by atoms with Crippen LogP contribution in [0.25, 0.3) is 6.15 Å². The van der Waals surface area contributed by atoms with E-state index < -0.39 is 24.6 Å². The Balaban J connectivity index is -0.0000000257. The second-order valence-corrected chi connectivity index (χ2v) is 1.13. The predicted octanol–water partition coefficient (Wildman–Crippen LogP) is 1.60. The molecule has 0 aliphatic heterocycles. The average Bonchev–Trinajstić information content (AvgIpc) is 1.76. The van der Waals surface area contributed by atoms with Crippen LogP contribution < -0.4 is 0 Å². The summed E-state index contributed by atoms with van der Waals surface area (Å²) < 4.78 is 0. The van der Waals surface area contributed by atoms with E-state index in [0.717, 1.165) is 0 Å². The van der Waals surface area contributed by atoms with E-state index in [-0.39, 0.29) is 27.9 Å². The summed E-state index contributed by atoms with van der Waals surface area (Å²) in [6.07, 6.45) is -7.33. The van der Waals surface area contributed by atoms with E-state index in [9.17, 15) is 0 Å². The first-order valence-corrected chi connectivity index (χ1v) is 2.61. The van der Waals surface area contributed by atoms with Gasteiger partial charge in [-0.25, -0.2) is 19.2 Å². The minimum absolute atomic E-state index is 0. The Labute approximate surface area is 113 Å². The maximum Gasteiger partial charge on any atom is 0.503 e. The molecule has 14 heteroatoms. The molecule has 0 aromatic heterocycles. The van der Waals surface area contributed by atoms with E-state index in [4.69, 9.17) is 60.0 Å². The molecular weight excluding hydrogens is 302 g/mol. The zero-order valence-electron chi connectivity index (χ0n) is 8.29. The van der Waals surface area contributed by atoms with Crippen molar-refractivity contribution >= 4 is 24.6 Å². The van der Waals surface area contributed by atoms with Gasteiger partial charge in [0.25, 0.3) is 0 Å². The molecule has 0 fully saturated rings. The molecule has 13 nitrogen and oxygen atoms in total. The SMILES string of the molecule is O=C(O)O.O=C(O)O.O=C(O)O.O=C(O)O.[NH2-].[Ti]. The molecule has 0 spiro atoms. The standard InChI is InChI=1S/4CH2O3.H2N.Ti/c4*2-1(3)4;;/h4*(H2,2,3,4);1H2;/q;;;;-1;. The molecule has 0 atom stereocenters. The zero-order chi connectivity index (χ0) is 14.3. The van der Waals surface area contributed by atoms with Gasteiger partial charge in [0.1, 0.15) is 0 Å². The molecule has 0 aromatic rings. The van der Waals surface area contributed by atoms with Crippen molar-refractivity contribution in [3.8, 4) is 0 Å². The molecule has 108 valence electrons. The molecule has 0 rings (SSSR count). The molecular formula is C4H10NO12Ti-. The second kappa shape index (κ2) is 29.3. The largest absolute Gasteiger partial charge is 0.693 e. The Hall–Kier alpha value is -2.25. The minimum Gasteiger partial charge on any atom is -0.693 e. The topological polar surface area (TPSA) is 264 Å².